The summed E-state index contributed by atoms with van der Waals surface area (Å²) < 4.78 is 37.6. The summed E-state index contributed by atoms with van der Waals surface area (Å²) in [5, 5.41) is 3.25. The largest absolute Gasteiger partial charge is 0.382 e. The smallest absolute Gasteiger partial charge is 0.193 e. The third-order valence-corrected chi connectivity index (χ3v) is 4.00. The van der Waals surface area contributed by atoms with Crippen molar-refractivity contribution < 1.29 is 18.3 Å². The van der Waals surface area contributed by atoms with E-state index in [4.69, 9.17) is 9.47 Å². The highest BCUT2D eigenvalue weighted by molar-refractivity contribution is 5.80. The Bertz CT molecular complexity index is 564. The first-order valence-corrected chi connectivity index (χ1v) is 8.38. The SMILES string of the molecule is CN=C(NCCOCCOC)N1CCN(c2cc(F)ccc2F)CC1. The summed E-state index contributed by atoms with van der Waals surface area (Å²) in [6, 6.07) is 3.55. The Labute approximate surface area is 147 Å². The Hall–Kier alpha value is -1.93. The topological polar surface area (TPSA) is 49.3 Å². The summed E-state index contributed by atoms with van der Waals surface area (Å²) in [6.07, 6.45) is 0. The van der Waals surface area contributed by atoms with Crippen LogP contribution in [0, 0.1) is 11.6 Å². The number of aliphatic imine (C=N–C) groups is 1. The number of ether oxygens (including phenoxy) is 2. The third kappa shape index (κ3) is 5.82. The van der Waals surface area contributed by atoms with Crippen LogP contribution in [0.15, 0.2) is 23.2 Å². The molecule has 1 aliphatic rings. The number of rotatable bonds is 7. The summed E-state index contributed by atoms with van der Waals surface area (Å²) in [5.74, 6) is -0.0370. The summed E-state index contributed by atoms with van der Waals surface area (Å²) in [5.41, 5.74) is 0.314. The Balaban J connectivity index is 1.78. The van der Waals surface area contributed by atoms with Crippen molar-refractivity contribution in [3.8, 4) is 0 Å². The van der Waals surface area contributed by atoms with E-state index in [1.807, 2.05) is 4.90 Å². The van der Waals surface area contributed by atoms with Gasteiger partial charge in [0.15, 0.2) is 5.96 Å². The molecule has 0 bridgehead atoms. The predicted octanol–water partition coefficient (Wildman–Crippen LogP) is 1.33. The molecule has 0 unspecified atom stereocenters. The monoisotopic (exact) mass is 356 g/mol. The number of halogens is 2. The number of benzene rings is 1. The minimum absolute atomic E-state index is 0.314. The van der Waals surface area contributed by atoms with Gasteiger partial charge in [0.05, 0.1) is 25.5 Å². The molecule has 2 rings (SSSR count). The van der Waals surface area contributed by atoms with Crippen LogP contribution in [0.25, 0.3) is 0 Å². The fourth-order valence-corrected chi connectivity index (χ4v) is 2.70. The van der Waals surface area contributed by atoms with E-state index in [1.54, 1.807) is 14.2 Å². The lowest BCUT2D eigenvalue weighted by Crippen LogP contribution is -2.53. The number of guanidine groups is 1. The Morgan fingerprint density at radius 1 is 1.16 bits per heavy atom. The van der Waals surface area contributed by atoms with Gasteiger partial charge in [-0.05, 0) is 12.1 Å². The molecule has 0 radical (unpaired) electrons. The van der Waals surface area contributed by atoms with E-state index in [0.29, 0.717) is 58.2 Å². The number of nitrogens with one attached hydrogen (secondary N) is 1. The highest BCUT2D eigenvalue weighted by Gasteiger charge is 2.21. The van der Waals surface area contributed by atoms with E-state index in [2.05, 4.69) is 15.2 Å². The lowest BCUT2D eigenvalue weighted by Gasteiger charge is -2.37. The molecule has 1 heterocycles. The van der Waals surface area contributed by atoms with Crippen LogP contribution >= 0.6 is 0 Å². The van der Waals surface area contributed by atoms with Gasteiger partial charge in [0.2, 0.25) is 0 Å². The predicted molar refractivity (Wildman–Crippen MR) is 94.2 cm³/mol. The van der Waals surface area contributed by atoms with Gasteiger partial charge in [0, 0.05) is 52.9 Å². The van der Waals surface area contributed by atoms with E-state index < -0.39 is 11.6 Å². The summed E-state index contributed by atoms with van der Waals surface area (Å²) >= 11 is 0. The molecule has 1 fully saturated rings. The molecule has 25 heavy (non-hydrogen) atoms. The van der Waals surface area contributed by atoms with Crippen LogP contribution in [0.3, 0.4) is 0 Å². The van der Waals surface area contributed by atoms with Gasteiger partial charge in [0.25, 0.3) is 0 Å². The van der Waals surface area contributed by atoms with Crippen LogP contribution in [0.5, 0.6) is 0 Å². The van der Waals surface area contributed by atoms with Gasteiger partial charge < -0.3 is 24.6 Å². The van der Waals surface area contributed by atoms with Crippen molar-refractivity contribution in [2.45, 2.75) is 0 Å². The molecule has 6 nitrogen and oxygen atoms in total. The number of hydrogen-bond acceptors (Lipinski definition) is 4. The average Bonchev–Trinajstić information content (AvgIpc) is 2.63. The number of methoxy groups -OCH3 is 1. The van der Waals surface area contributed by atoms with Gasteiger partial charge in [-0.1, -0.05) is 0 Å². The van der Waals surface area contributed by atoms with E-state index in [1.165, 1.54) is 12.1 Å². The van der Waals surface area contributed by atoms with Crippen molar-refractivity contribution in [1.29, 1.82) is 0 Å². The maximum atomic E-state index is 13.9. The minimum atomic E-state index is -0.426. The molecule has 0 atom stereocenters. The lowest BCUT2D eigenvalue weighted by molar-refractivity contribution is 0.0731. The molecule has 1 saturated heterocycles. The Morgan fingerprint density at radius 3 is 2.60 bits per heavy atom. The van der Waals surface area contributed by atoms with Crippen molar-refractivity contribution in [2.24, 2.45) is 4.99 Å². The van der Waals surface area contributed by atoms with Crippen LogP contribution in [0.4, 0.5) is 14.5 Å². The zero-order chi connectivity index (χ0) is 18.1. The van der Waals surface area contributed by atoms with Crippen molar-refractivity contribution >= 4 is 11.6 Å². The molecule has 0 aromatic heterocycles. The number of piperazine rings is 1. The molecule has 1 aromatic carbocycles. The number of nitrogens with zero attached hydrogens (tertiary/aromatic N) is 3. The first-order valence-electron chi connectivity index (χ1n) is 8.38. The van der Waals surface area contributed by atoms with Crippen LogP contribution in [0.1, 0.15) is 0 Å². The fraction of sp³-hybridized carbons (Fsp3) is 0.588. The molecule has 0 spiro atoms. The van der Waals surface area contributed by atoms with Crippen LogP contribution in [-0.4, -0.2) is 77.6 Å². The van der Waals surface area contributed by atoms with Gasteiger partial charge in [-0.3, -0.25) is 4.99 Å². The van der Waals surface area contributed by atoms with Crippen molar-refractivity contribution in [2.75, 3.05) is 71.6 Å². The van der Waals surface area contributed by atoms with Gasteiger partial charge in [-0.25, -0.2) is 8.78 Å². The summed E-state index contributed by atoms with van der Waals surface area (Å²) in [7, 11) is 3.37. The minimum Gasteiger partial charge on any atom is -0.382 e. The van der Waals surface area contributed by atoms with Gasteiger partial charge in [-0.15, -0.1) is 0 Å². The van der Waals surface area contributed by atoms with Crippen molar-refractivity contribution in [3.05, 3.63) is 29.8 Å². The van der Waals surface area contributed by atoms with Crippen molar-refractivity contribution in [3.63, 3.8) is 0 Å². The quantitative estimate of drug-likeness (QED) is 0.454. The molecular weight excluding hydrogens is 330 g/mol. The summed E-state index contributed by atoms with van der Waals surface area (Å²) in [4.78, 5) is 8.23. The fourth-order valence-electron chi connectivity index (χ4n) is 2.70. The first kappa shape index (κ1) is 19.4. The average molecular weight is 356 g/mol. The van der Waals surface area contributed by atoms with Gasteiger partial charge in [0.1, 0.15) is 11.6 Å². The second-order valence-corrected chi connectivity index (χ2v) is 5.65. The van der Waals surface area contributed by atoms with Crippen LogP contribution < -0.4 is 10.2 Å². The van der Waals surface area contributed by atoms with Gasteiger partial charge >= 0.3 is 0 Å². The normalized spacial score (nSPS) is 15.6. The standard InChI is InChI=1S/C17H26F2N4O2/c1-20-17(21-5-10-25-12-11-24-2)23-8-6-22(7-9-23)16-13-14(18)3-4-15(16)19/h3-4,13H,5-12H2,1-2H3,(H,20,21). The van der Waals surface area contributed by atoms with E-state index in [0.717, 1.165) is 12.0 Å². The van der Waals surface area contributed by atoms with Crippen LogP contribution in [0.2, 0.25) is 0 Å². The molecular formula is C17H26F2N4O2. The van der Waals surface area contributed by atoms with E-state index in [-0.39, 0.29) is 0 Å². The highest BCUT2D eigenvalue weighted by Crippen LogP contribution is 2.21. The third-order valence-electron chi connectivity index (χ3n) is 4.00. The molecule has 1 aromatic rings. The number of hydrogen-bond donors (Lipinski definition) is 1. The molecule has 1 N–H and O–H groups in total. The molecule has 1 aliphatic heterocycles. The molecule has 140 valence electrons. The van der Waals surface area contributed by atoms with E-state index in [9.17, 15) is 8.78 Å². The summed E-state index contributed by atoms with van der Waals surface area (Å²) in [6.45, 7) is 4.92. The lowest BCUT2D eigenvalue weighted by atomic mass is 10.2. The zero-order valence-corrected chi connectivity index (χ0v) is 14.8. The number of anilines is 1. The highest BCUT2D eigenvalue weighted by atomic mass is 19.1. The molecule has 0 aliphatic carbocycles. The van der Waals surface area contributed by atoms with Crippen LogP contribution in [-0.2, 0) is 9.47 Å². The maximum Gasteiger partial charge on any atom is 0.193 e. The zero-order valence-electron chi connectivity index (χ0n) is 14.8. The Kier molecular flexibility index (Phi) is 7.87. The second-order valence-electron chi connectivity index (χ2n) is 5.65. The molecule has 0 saturated carbocycles. The maximum absolute atomic E-state index is 13.9. The van der Waals surface area contributed by atoms with E-state index >= 15 is 0 Å². The van der Waals surface area contributed by atoms with Crippen molar-refractivity contribution in [1.82, 2.24) is 10.2 Å². The van der Waals surface area contributed by atoms with Gasteiger partial charge in [-0.2, -0.15) is 0 Å². The Morgan fingerprint density at radius 2 is 1.92 bits per heavy atom. The first-order chi connectivity index (χ1) is 12.2. The molecule has 8 heteroatoms. The molecule has 0 amide bonds. The second kappa shape index (κ2) is 10.1.